The van der Waals surface area contributed by atoms with E-state index in [1.54, 1.807) is 42.5 Å². The molecule has 6 heteroatoms. The van der Waals surface area contributed by atoms with Crippen molar-refractivity contribution in [1.82, 2.24) is 5.32 Å². The summed E-state index contributed by atoms with van der Waals surface area (Å²) in [6, 6.07) is 12.5. The summed E-state index contributed by atoms with van der Waals surface area (Å²) in [7, 11) is 0. The molecular weight excluding hydrogens is 327 g/mol. The first-order chi connectivity index (χ1) is 11.4. The molecule has 2 aromatic rings. The molecular formula is C18H15FN2O2S. The van der Waals surface area contributed by atoms with E-state index in [2.05, 4.69) is 10.6 Å². The Morgan fingerprint density at radius 3 is 2.50 bits per heavy atom. The van der Waals surface area contributed by atoms with Gasteiger partial charge in [-0.3, -0.25) is 14.9 Å². The predicted molar refractivity (Wildman–Crippen MR) is 96.2 cm³/mol. The second kappa shape index (κ2) is 8.12. The Morgan fingerprint density at radius 1 is 1.12 bits per heavy atom. The Bertz CT molecular complexity index is 801. The Balaban J connectivity index is 1.92. The van der Waals surface area contributed by atoms with Gasteiger partial charge in [-0.25, -0.2) is 4.39 Å². The number of amides is 1. The average Bonchev–Trinajstić information content (AvgIpc) is 2.54. The smallest absolute Gasteiger partial charge is 0.250 e. The molecule has 2 N–H and O–H groups in total. The molecule has 1 amide bonds. The zero-order valence-corrected chi connectivity index (χ0v) is 13.7. The predicted octanol–water partition coefficient (Wildman–Crippen LogP) is 3.55. The highest BCUT2D eigenvalue weighted by molar-refractivity contribution is 7.80. The fourth-order valence-corrected chi connectivity index (χ4v) is 2.10. The van der Waals surface area contributed by atoms with Crippen LogP contribution in [0, 0.1) is 5.82 Å². The van der Waals surface area contributed by atoms with Crippen molar-refractivity contribution in [2.45, 2.75) is 6.92 Å². The Hall–Kier alpha value is -2.86. The maximum Gasteiger partial charge on any atom is 0.250 e. The van der Waals surface area contributed by atoms with E-state index in [9.17, 15) is 14.0 Å². The van der Waals surface area contributed by atoms with Crippen molar-refractivity contribution in [3.63, 3.8) is 0 Å². The van der Waals surface area contributed by atoms with Crippen LogP contribution in [0.5, 0.6) is 0 Å². The lowest BCUT2D eigenvalue weighted by Crippen LogP contribution is -2.32. The zero-order chi connectivity index (χ0) is 17.5. The third-order valence-corrected chi connectivity index (χ3v) is 3.26. The molecule has 24 heavy (non-hydrogen) atoms. The molecule has 0 heterocycles. The van der Waals surface area contributed by atoms with Crippen LogP contribution in [0.3, 0.4) is 0 Å². The topological polar surface area (TPSA) is 58.2 Å². The van der Waals surface area contributed by atoms with Crippen LogP contribution in [0.1, 0.15) is 22.8 Å². The molecule has 0 saturated heterocycles. The minimum absolute atomic E-state index is 0.0594. The molecule has 0 atom stereocenters. The van der Waals surface area contributed by atoms with Gasteiger partial charge >= 0.3 is 0 Å². The molecule has 0 bridgehead atoms. The molecule has 4 nitrogen and oxygen atoms in total. The number of benzene rings is 2. The second-order valence-electron chi connectivity index (χ2n) is 4.97. The van der Waals surface area contributed by atoms with Crippen LogP contribution in [0.4, 0.5) is 10.1 Å². The van der Waals surface area contributed by atoms with Crippen molar-refractivity contribution in [2.75, 3.05) is 5.32 Å². The molecule has 0 spiro atoms. The van der Waals surface area contributed by atoms with Gasteiger partial charge in [0.25, 0.3) is 0 Å². The summed E-state index contributed by atoms with van der Waals surface area (Å²) < 4.78 is 12.8. The minimum atomic E-state index is -0.417. The third-order valence-electron chi connectivity index (χ3n) is 3.06. The number of anilines is 1. The SMILES string of the molecule is CC(=O)c1cccc(NC(=S)NC(=O)C=Cc2ccc(F)cc2)c1. The van der Waals surface area contributed by atoms with E-state index in [0.29, 0.717) is 16.8 Å². The third kappa shape index (κ3) is 5.40. The van der Waals surface area contributed by atoms with Crippen LogP contribution < -0.4 is 10.6 Å². The van der Waals surface area contributed by atoms with Gasteiger partial charge in [-0.1, -0.05) is 24.3 Å². The lowest BCUT2D eigenvalue weighted by Gasteiger charge is -2.08. The average molecular weight is 342 g/mol. The Morgan fingerprint density at radius 2 is 1.83 bits per heavy atom. The number of hydrogen-bond donors (Lipinski definition) is 2. The summed E-state index contributed by atoms with van der Waals surface area (Å²) in [4.78, 5) is 23.1. The van der Waals surface area contributed by atoms with Crippen LogP contribution in [0.2, 0.25) is 0 Å². The number of rotatable bonds is 4. The second-order valence-corrected chi connectivity index (χ2v) is 5.37. The zero-order valence-electron chi connectivity index (χ0n) is 12.9. The standard InChI is InChI=1S/C18H15FN2O2S/c1-12(22)14-3-2-4-16(11-14)20-18(24)21-17(23)10-7-13-5-8-15(19)9-6-13/h2-11H,1H3,(H2,20,21,23,24). The Kier molecular flexibility index (Phi) is 5.92. The van der Waals surface area contributed by atoms with Gasteiger partial charge in [-0.2, -0.15) is 0 Å². The largest absolute Gasteiger partial charge is 0.332 e. The van der Waals surface area contributed by atoms with Gasteiger partial charge in [-0.05, 0) is 55.0 Å². The fraction of sp³-hybridized carbons (Fsp3) is 0.0556. The van der Waals surface area contributed by atoms with Crippen LogP contribution in [-0.4, -0.2) is 16.8 Å². The van der Waals surface area contributed by atoms with Crippen molar-refractivity contribution in [3.8, 4) is 0 Å². The highest BCUT2D eigenvalue weighted by Crippen LogP contribution is 2.11. The van der Waals surface area contributed by atoms with Crippen molar-refractivity contribution in [2.24, 2.45) is 0 Å². The van der Waals surface area contributed by atoms with Crippen LogP contribution in [-0.2, 0) is 4.79 Å². The van der Waals surface area contributed by atoms with Crippen molar-refractivity contribution < 1.29 is 14.0 Å². The monoisotopic (exact) mass is 342 g/mol. The van der Waals surface area contributed by atoms with Gasteiger partial charge < -0.3 is 5.32 Å². The summed E-state index contributed by atoms with van der Waals surface area (Å²) >= 11 is 5.06. The number of carbonyl (C=O) groups excluding carboxylic acids is 2. The van der Waals surface area contributed by atoms with Gasteiger partial charge in [0.1, 0.15) is 5.82 Å². The number of nitrogens with one attached hydrogen (secondary N) is 2. The molecule has 2 rings (SSSR count). The van der Waals surface area contributed by atoms with E-state index < -0.39 is 5.91 Å². The van der Waals surface area contributed by atoms with E-state index in [1.165, 1.54) is 25.1 Å². The van der Waals surface area contributed by atoms with Crippen LogP contribution in [0.25, 0.3) is 6.08 Å². The molecule has 0 saturated carbocycles. The minimum Gasteiger partial charge on any atom is -0.332 e. The van der Waals surface area contributed by atoms with E-state index in [0.717, 1.165) is 0 Å². The Labute approximate surface area is 144 Å². The van der Waals surface area contributed by atoms with Crippen LogP contribution >= 0.6 is 12.2 Å². The molecule has 0 unspecified atom stereocenters. The van der Waals surface area contributed by atoms with Gasteiger partial charge in [0.15, 0.2) is 10.9 Å². The van der Waals surface area contributed by atoms with Gasteiger partial charge in [0, 0.05) is 17.3 Å². The van der Waals surface area contributed by atoms with Crippen LogP contribution in [0.15, 0.2) is 54.6 Å². The summed E-state index contributed by atoms with van der Waals surface area (Å²) in [5, 5.41) is 5.45. The van der Waals surface area contributed by atoms with Crippen molar-refractivity contribution >= 4 is 40.8 Å². The molecule has 0 fully saturated rings. The summed E-state index contributed by atoms with van der Waals surface area (Å²) in [5.41, 5.74) is 1.85. The van der Waals surface area contributed by atoms with Gasteiger partial charge in [0.05, 0.1) is 0 Å². The number of hydrogen-bond acceptors (Lipinski definition) is 3. The first-order valence-corrected chi connectivity index (χ1v) is 7.51. The first kappa shape index (κ1) is 17.5. The molecule has 0 aliphatic rings. The summed E-state index contributed by atoms with van der Waals surface area (Å²) in [5.74, 6) is -0.815. The van der Waals surface area contributed by atoms with Gasteiger partial charge in [0.2, 0.25) is 5.91 Å². The van der Waals surface area contributed by atoms with Crippen molar-refractivity contribution in [1.29, 1.82) is 0 Å². The van der Waals surface area contributed by atoms with E-state index in [4.69, 9.17) is 12.2 Å². The van der Waals surface area contributed by atoms with E-state index in [-0.39, 0.29) is 16.7 Å². The van der Waals surface area contributed by atoms with Gasteiger partial charge in [-0.15, -0.1) is 0 Å². The molecule has 0 aromatic heterocycles. The summed E-state index contributed by atoms with van der Waals surface area (Å²) in [6.07, 6.45) is 2.85. The number of Topliss-reactive ketones (excluding diaryl/α,β-unsaturated/α-hetero) is 1. The fourth-order valence-electron chi connectivity index (χ4n) is 1.88. The first-order valence-electron chi connectivity index (χ1n) is 7.10. The lowest BCUT2D eigenvalue weighted by molar-refractivity contribution is -0.115. The number of ketones is 1. The highest BCUT2D eigenvalue weighted by atomic mass is 32.1. The van der Waals surface area contributed by atoms with Crippen molar-refractivity contribution in [3.05, 3.63) is 71.6 Å². The molecule has 0 aliphatic carbocycles. The maximum absolute atomic E-state index is 12.8. The quantitative estimate of drug-likeness (QED) is 0.507. The molecule has 2 aromatic carbocycles. The van der Waals surface area contributed by atoms with E-state index in [1.807, 2.05) is 0 Å². The molecule has 0 radical (unpaired) electrons. The normalized spacial score (nSPS) is 10.4. The molecule has 122 valence electrons. The molecule has 0 aliphatic heterocycles. The summed E-state index contributed by atoms with van der Waals surface area (Å²) in [6.45, 7) is 1.47. The lowest BCUT2D eigenvalue weighted by atomic mass is 10.1. The van der Waals surface area contributed by atoms with E-state index >= 15 is 0 Å². The highest BCUT2D eigenvalue weighted by Gasteiger charge is 2.04. The number of thiocarbonyl (C=S) groups is 1. The number of halogens is 1. The number of carbonyl (C=O) groups is 2. The maximum atomic E-state index is 12.8.